The highest BCUT2D eigenvalue weighted by molar-refractivity contribution is 8.00. The number of rotatable bonds is 11. The van der Waals surface area contributed by atoms with Crippen LogP contribution < -0.4 is 0 Å². The molecule has 0 bridgehead atoms. The van der Waals surface area contributed by atoms with Gasteiger partial charge < -0.3 is 19.3 Å². The Hall–Kier alpha value is -0.230. The summed E-state index contributed by atoms with van der Waals surface area (Å²) in [6.45, 7) is 9.18. The van der Waals surface area contributed by atoms with Crippen molar-refractivity contribution in [3.8, 4) is 0 Å². The quantitative estimate of drug-likeness (QED) is 0.555. The lowest BCUT2D eigenvalue weighted by Gasteiger charge is -2.38. The third-order valence-corrected chi connectivity index (χ3v) is 5.87. The van der Waals surface area contributed by atoms with E-state index >= 15 is 0 Å². The van der Waals surface area contributed by atoms with E-state index in [0.717, 1.165) is 37.2 Å². The number of aliphatic hydroxyl groups is 1. The Morgan fingerprint density at radius 1 is 1.21 bits per heavy atom. The van der Waals surface area contributed by atoms with E-state index in [4.69, 9.17) is 14.2 Å². The van der Waals surface area contributed by atoms with Gasteiger partial charge in [-0.05, 0) is 31.8 Å². The second-order valence-electron chi connectivity index (χ2n) is 7.94. The van der Waals surface area contributed by atoms with Crippen molar-refractivity contribution in [2.45, 2.75) is 76.9 Å². The summed E-state index contributed by atoms with van der Waals surface area (Å²) in [6.07, 6.45) is 6.66. The highest BCUT2D eigenvalue weighted by Gasteiger charge is 2.37. The van der Waals surface area contributed by atoms with Crippen LogP contribution in [-0.2, 0) is 14.2 Å². The molecule has 0 aromatic carbocycles. The average molecular weight is 361 g/mol. The summed E-state index contributed by atoms with van der Waals surface area (Å²) in [5.74, 6) is 1.82. The second kappa shape index (κ2) is 10.0. The van der Waals surface area contributed by atoms with Gasteiger partial charge >= 0.3 is 0 Å². The van der Waals surface area contributed by atoms with Crippen molar-refractivity contribution in [3.63, 3.8) is 0 Å². The van der Waals surface area contributed by atoms with Crippen LogP contribution in [0.1, 0.15) is 59.8 Å². The van der Waals surface area contributed by atoms with Gasteiger partial charge in [0, 0.05) is 36.6 Å². The molecule has 1 aliphatic rings. The molecule has 5 heteroatoms. The Kier molecular flexibility index (Phi) is 9.13. The highest BCUT2D eigenvalue weighted by atomic mass is 32.2. The third-order valence-electron chi connectivity index (χ3n) is 4.41. The van der Waals surface area contributed by atoms with Crippen molar-refractivity contribution in [2.75, 3.05) is 26.6 Å². The van der Waals surface area contributed by atoms with Crippen LogP contribution in [0.25, 0.3) is 0 Å². The summed E-state index contributed by atoms with van der Waals surface area (Å²) in [7, 11) is 3.41. The van der Waals surface area contributed by atoms with E-state index in [2.05, 4.69) is 33.8 Å². The molecule has 0 heterocycles. The van der Waals surface area contributed by atoms with E-state index in [1.54, 1.807) is 14.2 Å². The molecule has 0 saturated carbocycles. The van der Waals surface area contributed by atoms with Crippen molar-refractivity contribution in [1.82, 2.24) is 0 Å². The first-order chi connectivity index (χ1) is 11.2. The molecule has 0 aliphatic heterocycles. The summed E-state index contributed by atoms with van der Waals surface area (Å²) in [5, 5.41) is 10.6. The van der Waals surface area contributed by atoms with Gasteiger partial charge in [-0.1, -0.05) is 27.7 Å². The normalized spacial score (nSPS) is 18.9. The van der Waals surface area contributed by atoms with Gasteiger partial charge in [0.05, 0.1) is 18.5 Å². The van der Waals surface area contributed by atoms with Crippen molar-refractivity contribution >= 4 is 11.8 Å². The predicted molar refractivity (Wildman–Crippen MR) is 101 cm³/mol. The van der Waals surface area contributed by atoms with E-state index < -0.39 is 6.29 Å². The van der Waals surface area contributed by atoms with Gasteiger partial charge in [-0.25, -0.2) is 0 Å². The van der Waals surface area contributed by atoms with E-state index in [0.29, 0.717) is 6.61 Å². The Labute approximate surface area is 152 Å². The van der Waals surface area contributed by atoms with Crippen LogP contribution in [0.2, 0.25) is 0 Å². The first kappa shape index (κ1) is 21.8. The van der Waals surface area contributed by atoms with Gasteiger partial charge in [0.25, 0.3) is 0 Å². The fourth-order valence-corrected chi connectivity index (χ4v) is 4.49. The minimum absolute atomic E-state index is 0.0132. The topological polar surface area (TPSA) is 47.9 Å². The Morgan fingerprint density at radius 2 is 1.92 bits per heavy atom. The molecular formula is C19H36O4S. The fraction of sp³-hybridized carbons (Fsp3) is 0.895. The predicted octanol–water partition coefficient (Wildman–Crippen LogP) is 4.37. The van der Waals surface area contributed by atoms with Gasteiger partial charge in [-0.3, -0.25) is 0 Å². The summed E-state index contributed by atoms with van der Waals surface area (Å²) in [4.78, 5) is 0. The van der Waals surface area contributed by atoms with Gasteiger partial charge in [-0.2, -0.15) is 11.8 Å². The molecule has 0 fully saturated rings. The Bertz CT molecular complexity index is 393. The molecule has 0 aromatic heterocycles. The number of hydrogen-bond acceptors (Lipinski definition) is 5. The second-order valence-corrected chi connectivity index (χ2v) is 9.66. The van der Waals surface area contributed by atoms with Crippen molar-refractivity contribution in [3.05, 3.63) is 11.8 Å². The lowest BCUT2D eigenvalue weighted by atomic mass is 9.83. The van der Waals surface area contributed by atoms with E-state index in [9.17, 15) is 5.11 Å². The zero-order valence-electron chi connectivity index (χ0n) is 16.3. The molecule has 4 nitrogen and oxygen atoms in total. The van der Waals surface area contributed by atoms with Crippen LogP contribution in [-0.4, -0.2) is 48.8 Å². The molecule has 0 radical (unpaired) electrons. The first-order valence-electron chi connectivity index (χ1n) is 8.89. The summed E-state index contributed by atoms with van der Waals surface area (Å²) >= 11 is 1.86. The SMILES string of the molecule is COCC(CSC(C)(C)CC(C)(C)C(O)OC1=CCCCC1)OC. The van der Waals surface area contributed by atoms with Gasteiger partial charge in [-0.15, -0.1) is 0 Å². The maximum Gasteiger partial charge on any atom is 0.202 e. The number of hydrogen-bond donors (Lipinski definition) is 1. The van der Waals surface area contributed by atoms with E-state index in [1.807, 2.05) is 11.8 Å². The number of aliphatic hydroxyl groups excluding tert-OH is 1. The lowest BCUT2D eigenvalue weighted by Crippen LogP contribution is -2.38. The summed E-state index contributed by atoms with van der Waals surface area (Å²) in [6, 6.07) is 0. The summed E-state index contributed by atoms with van der Waals surface area (Å²) in [5.41, 5.74) is -0.321. The standard InChI is InChI=1S/C19H36O4S/c1-18(2,17(20)23-15-10-8-7-9-11-15)14-19(3,4)24-13-16(22-6)12-21-5/h10,16-17,20H,7-9,11-14H2,1-6H3. The average Bonchev–Trinajstić information content (AvgIpc) is 2.51. The smallest absolute Gasteiger partial charge is 0.202 e. The maximum atomic E-state index is 10.6. The Morgan fingerprint density at radius 3 is 2.46 bits per heavy atom. The van der Waals surface area contributed by atoms with Crippen LogP contribution >= 0.6 is 11.8 Å². The molecule has 24 heavy (non-hydrogen) atoms. The third kappa shape index (κ3) is 7.77. The van der Waals surface area contributed by atoms with Crippen molar-refractivity contribution < 1.29 is 19.3 Å². The zero-order valence-corrected chi connectivity index (χ0v) is 17.1. The van der Waals surface area contributed by atoms with E-state index in [1.165, 1.54) is 6.42 Å². The number of thioether (sulfide) groups is 1. The van der Waals surface area contributed by atoms with E-state index in [-0.39, 0.29) is 16.3 Å². The van der Waals surface area contributed by atoms with Gasteiger partial charge in [0.1, 0.15) is 0 Å². The molecule has 1 N–H and O–H groups in total. The van der Waals surface area contributed by atoms with Crippen LogP contribution in [0, 0.1) is 5.41 Å². The minimum Gasteiger partial charge on any atom is -0.469 e. The molecule has 0 saturated heterocycles. The largest absolute Gasteiger partial charge is 0.469 e. The van der Waals surface area contributed by atoms with Crippen LogP contribution in [0.3, 0.4) is 0 Å². The van der Waals surface area contributed by atoms with Crippen LogP contribution in [0.5, 0.6) is 0 Å². The molecule has 0 aromatic rings. The summed E-state index contributed by atoms with van der Waals surface area (Å²) < 4.78 is 16.5. The number of allylic oxidation sites excluding steroid dienone is 2. The Balaban J connectivity index is 2.53. The fourth-order valence-electron chi connectivity index (χ4n) is 3.14. The molecule has 2 unspecified atom stereocenters. The van der Waals surface area contributed by atoms with Crippen LogP contribution in [0.15, 0.2) is 11.8 Å². The lowest BCUT2D eigenvalue weighted by molar-refractivity contribution is -0.145. The zero-order chi connectivity index (χ0) is 18.2. The van der Waals surface area contributed by atoms with Gasteiger partial charge in [0.2, 0.25) is 6.29 Å². The number of methoxy groups -OCH3 is 2. The minimum atomic E-state index is -0.779. The number of ether oxygens (including phenoxy) is 3. The monoisotopic (exact) mass is 360 g/mol. The first-order valence-corrected chi connectivity index (χ1v) is 9.88. The molecule has 0 amide bonds. The molecule has 142 valence electrons. The highest BCUT2D eigenvalue weighted by Crippen LogP contribution is 2.40. The van der Waals surface area contributed by atoms with Crippen molar-refractivity contribution in [1.29, 1.82) is 0 Å². The van der Waals surface area contributed by atoms with Gasteiger partial charge in [0.15, 0.2) is 0 Å². The molecular weight excluding hydrogens is 324 g/mol. The van der Waals surface area contributed by atoms with Crippen LogP contribution in [0.4, 0.5) is 0 Å². The van der Waals surface area contributed by atoms with Crippen molar-refractivity contribution in [2.24, 2.45) is 5.41 Å². The molecule has 2 atom stereocenters. The molecule has 1 rings (SSSR count). The molecule has 0 spiro atoms. The molecule has 1 aliphatic carbocycles. The maximum absolute atomic E-state index is 10.6.